The predicted octanol–water partition coefficient (Wildman–Crippen LogP) is 3.19. The van der Waals surface area contributed by atoms with E-state index in [1.165, 1.54) is 11.3 Å². The Morgan fingerprint density at radius 2 is 1.91 bits per heavy atom. The van der Waals surface area contributed by atoms with Crippen LogP contribution in [-0.4, -0.2) is 38.8 Å². The lowest BCUT2D eigenvalue weighted by Gasteiger charge is -2.33. The Kier molecular flexibility index (Phi) is 5.37. The van der Waals surface area contributed by atoms with E-state index in [4.69, 9.17) is 0 Å². The Balaban J connectivity index is 2.00. The van der Waals surface area contributed by atoms with Crippen molar-refractivity contribution in [2.24, 2.45) is 13.0 Å². The van der Waals surface area contributed by atoms with Gasteiger partial charge in [0.1, 0.15) is 0 Å². The second-order valence-electron chi connectivity index (χ2n) is 7.45. The van der Waals surface area contributed by atoms with Gasteiger partial charge in [0, 0.05) is 30.9 Å². The zero-order valence-electron chi connectivity index (χ0n) is 15.7. The molecule has 1 aliphatic carbocycles. The Bertz CT molecular complexity index is 560. The number of hydrogen-bond donors (Lipinski definition) is 1. The van der Waals surface area contributed by atoms with Gasteiger partial charge in [-0.3, -0.25) is 4.68 Å². The van der Waals surface area contributed by atoms with Gasteiger partial charge >= 0.3 is 6.03 Å². The van der Waals surface area contributed by atoms with E-state index in [1.54, 1.807) is 0 Å². The smallest absolute Gasteiger partial charge is 0.318 e. The number of carbonyl (C=O) groups is 1. The topological polar surface area (TPSA) is 50.2 Å². The summed E-state index contributed by atoms with van der Waals surface area (Å²) in [5, 5.41) is 7.66. The Morgan fingerprint density at radius 3 is 2.35 bits per heavy atom. The maximum absolute atomic E-state index is 12.7. The van der Waals surface area contributed by atoms with E-state index in [2.05, 4.69) is 49.9 Å². The van der Waals surface area contributed by atoms with Crippen LogP contribution in [0.25, 0.3) is 0 Å². The quantitative estimate of drug-likeness (QED) is 0.875. The maximum atomic E-state index is 12.7. The van der Waals surface area contributed by atoms with E-state index < -0.39 is 0 Å². The minimum atomic E-state index is 0.0837. The molecule has 1 heterocycles. The van der Waals surface area contributed by atoms with Gasteiger partial charge in [-0.15, -0.1) is 0 Å². The Hall–Kier alpha value is -1.52. The molecule has 23 heavy (non-hydrogen) atoms. The Labute approximate surface area is 140 Å². The van der Waals surface area contributed by atoms with Gasteiger partial charge in [0.2, 0.25) is 0 Å². The molecule has 0 unspecified atom stereocenters. The first kappa shape index (κ1) is 17.8. The van der Waals surface area contributed by atoms with Crippen molar-refractivity contribution in [3.63, 3.8) is 0 Å². The molecule has 0 radical (unpaired) electrons. The number of hydrogen-bond acceptors (Lipinski definition) is 2. The van der Waals surface area contributed by atoms with Crippen molar-refractivity contribution in [2.75, 3.05) is 0 Å². The zero-order chi connectivity index (χ0) is 17.3. The molecular weight excluding hydrogens is 288 g/mol. The summed E-state index contributed by atoms with van der Waals surface area (Å²) in [5.74, 6) is 0.472. The largest absolute Gasteiger partial charge is 0.335 e. The SMILES string of the molecule is Cc1nn(C)c(C)c1C[C@@H](C)NC(=O)N(C1CC1)[C@@H](C)C(C)C. The monoisotopic (exact) mass is 320 g/mol. The molecule has 1 saturated carbocycles. The molecule has 1 aliphatic rings. The molecule has 0 spiro atoms. The zero-order valence-corrected chi connectivity index (χ0v) is 15.7. The fraction of sp³-hybridized carbons (Fsp3) is 0.778. The molecule has 130 valence electrons. The van der Waals surface area contributed by atoms with Crippen LogP contribution in [0.1, 0.15) is 57.5 Å². The molecule has 1 N–H and O–H groups in total. The van der Waals surface area contributed by atoms with E-state index in [9.17, 15) is 4.79 Å². The minimum absolute atomic E-state index is 0.0837. The number of aryl methyl sites for hydroxylation is 2. The summed E-state index contributed by atoms with van der Waals surface area (Å²) in [6.45, 7) is 12.7. The van der Waals surface area contributed by atoms with Crippen molar-refractivity contribution in [1.29, 1.82) is 0 Å². The van der Waals surface area contributed by atoms with Crippen molar-refractivity contribution < 1.29 is 4.79 Å². The third-order valence-electron chi connectivity index (χ3n) is 5.12. The lowest BCUT2D eigenvalue weighted by molar-refractivity contribution is 0.154. The summed E-state index contributed by atoms with van der Waals surface area (Å²) >= 11 is 0. The molecule has 5 nitrogen and oxygen atoms in total. The highest BCUT2D eigenvalue weighted by atomic mass is 16.2. The lowest BCUT2D eigenvalue weighted by Crippen LogP contribution is -2.50. The van der Waals surface area contributed by atoms with E-state index in [0.29, 0.717) is 12.0 Å². The summed E-state index contributed by atoms with van der Waals surface area (Å²) < 4.78 is 1.91. The van der Waals surface area contributed by atoms with Crippen molar-refractivity contribution in [3.05, 3.63) is 17.0 Å². The standard InChI is InChI=1S/C18H32N4O/c1-11(2)14(5)22(16-8-9-16)18(23)19-12(3)10-17-13(4)20-21(7)15(17)6/h11-12,14,16H,8-10H2,1-7H3,(H,19,23)/t12-,14+/m1/s1. The second kappa shape index (κ2) is 6.93. The summed E-state index contributed by atoms with van der Waals surface area (Å²) in [7, 11) is 1.97. The van der Waals surface area contributed by atoms with E-state index in [0.717, 1.165) is 25.0 Å². The number of urea groups is 1. The van der Waals surface area contributed by atoms with Gasteiger partial charge in [0.05, 0.1) is 5.69 Å². The first-order chi connectivity index (χ1) is 10.7. The van der Waals surface area contributed by atoms with Gasteiger partial charge in [-0.05, 0) is 58.4 Å². The number of nitrogens with zero attached hydrogens (tertiary/aromatic N) is 3. The molecule has 0 bridgehead atoms. The van der Waals surface area contributed by atoms with Crippen molar-refractivity contribution in [1.82, 2.24) is 20.0 Å². The van der Waals surface area contributed by atoms with Crippen LogP contribution in [-0.2, 0) is 13.5 Å². The van der Waals surface area contributed by atoms with Gasteiger partial charge in [-0.25, -0.2) is 4.79 Å². The van der Waals surface area contributed by atoms with Gasteiger partial charge in [-0.1, -0.05) is 13.8 Å². The summed E-state index contributed by atoms with van der Waals surface area (Å²) in [6, 6.07) is 0.892. The normalized spacial score (nSPS) is 17.2. The van der Waals surface area contributed by atoms with Crippen LogP contribution in [0.2, 0.25) is 0 Å². The number of amides is 2. The average Bonchev–Trinajstić information content (AvgIpc) is 3.24. The highest BCUT2D eigenvalue weighted by molar-refractivity contribution is 5.75. The first-order valence-electron chi connectivity index (χ1n) is 8.80. The third kappa shape index (κ3) is 4.06. The van der Waals surface area contributed by atoms with Crippen molar-refractivity contribution >= 4 is 6.03 Å². The summed E-state index contributed by atoms with van der Waals surface area (Å²) in [6.07, 6.45) is 3.10. The third-order valence-corrected chi connectivity index (χ3v) is 5.12. The van der Waals surface area contributed by atoms with Gasteiger partial charge in [-0.2, -0.15) is 5.10 Å². The minimum Gasteiger partial charge on any atom is -0.335 e. The highest BCUT2D eigenvalue weighted by Crippen LogP contribution is 2.30. The van der Waals surface area contributed by atoms with Crippen LogP contribution in [0.4, 0.5) is 4.79 Å². The molecule has 2 amide bonds. The number of nitrogens with one attached hydrogen (secondary N) is 1. The number of carbonyl (C=O) groups excluding carboxylic acids is 1. The molecule has 2 rings (SSSR count). The molecule has 1 aromatic rings. The molecular formula is C18H32N4O. The van der Waals surface area contributed by atoms with Crippen LogP contribution in [0, 0.1) is 19.8 Å². The van der Waals surface area contributed by atoms with E-state index in [1.807, 2.05) is 18.7 Å². The van der Waals surface area contributed by atoms with E-state index in [-0.39, 0.29) is 18.1 Å². The van der Waals surface area contributed by atoms with Crippen molar-refractivity contribution in [2.45, 2.75) is 78.9 Å². The van der Waals surface area contributed by atoms with Crippen molar-refractivity contribution in [3.8, 4) is 0 Å². The van der Waals surface area contributed by atoms with Gasteiger partial charge in [0.15, 0.2) is 0 Å². The molecule has 0 aliphatic heterocycles. The van der Waals surface area contributed by atoms with Crippen LogP contribution in [0.3, 0.4) is 0 Å². The van der Waals surface area contributed by atoms with Crippen LogP contribution < -0.4 is 5.32 Å². The number of aromatic nitrogens is 2. The fourth-order valence-electron chi connectivity index (χ4n) is 3.11. The average molecular weight is 320 g/mol. The summed E-state index contributed by atoms with van der Waals surface area (Å²) in [4.78, 5) is 14.8. The molecule has 1 aromatic heterocycles. The molecule has 2 atom stereocenters. The molecule has 0 saturated heterocycles. The molecule has 0 aromatic carbocycles. The first-order valence-corrected chi connectivity index (χ1v) is 8.80. The Morgan fingerprint density at radius 1 is 1.30 bits per heavy atom. The van der Waals surface area contributed by atoms with Crippen LogP contribution >= 0.6 is 0 Å². The molecule has 1 fully saturated rings. The van der Waals surface area contributed by atoms with Gasteiger partial charge in [0.25, 0.3) is 0 Å². The van der Waals surface area contributed by atoms with Gasteiger partial charge < -0.3 is 10.2 Å². The highest BCUT2D eigenvalue weighted by Gasteiger charge is 2.37. The van der Waals surface area contributed by atoms with Crippen LogP contribution in [0.5, 0.6) is 0 Å². The maximum Gasteiger partial charge on any atom is 0.318 e. The number of rotatable bonds is 6. The van der Waals surface area contributed by atoms with E-state index >= 15 is 0 Å². The summed E-state index contributed by atoms with van der Waals surface area (Å²) in [5.41, 5.74) is 3.48. The van der Waals surface area contributed by atoms with Crippen LogP contribution in [0.15, 0.2) is 0 Å². The lowest BCUT2D eigenvalue weighted by atomic mass is 10.0. The fourth-order valence-corrected chi connectivity index (χ4v) is 3.11. The second-order valence-corrected chi connectivity index (χ2v) is 7.45. The predicted molar refractivity (Wildman–Crippen MR) is 93.5 cm³/mol. The molecule has 5 heteroatoms.